The number of rotatable bonds is 3. The van der Waals surface area contributed by atoms with Crippen LogP contribution in [0, 0.1) is 5.92 Å². The minimum Gasteiger partial charge on any atom is -0.360 e. The fraction of sp³-hybridized carbons (Fsp3) is 0.471. The normalized spacial score (nSPS) is 22.9. The van der Waals surface area contributed by atoms with Crippen molar-refractivity contribution < 1.29 is 4.79 Å². The Morgan fingerprint density at radius 3 is 2.95 bits per heavy atom. The second kappa shape index (κ2) is 5.70. The number of fused-ring (bicyclic) bond motifs is 1. The van der Waals surface area contributed by atoms with Crippen LogP contribution in [-0.2, 0) is 0 Å². The quantitative estimate of drug-likeness (QED) is 0.873. The van der Waals surface area contributed by atoms with Crippen molar-refractivity contribution in [2.75, 3.05) is 0 Å². The van der Waals surface area contributed by atoms with Crippen molar-refractivity contribution in [3.8, 4) is 0 Å². The van der Waals surface area contributed by atoms with Gasteiger partial charge >= 0.3 is 0 Å². The molecule has 2 N–H and O–H groups in total. The summed E-state index contributed by atoms with van der Waals surface area (Å²) in [7, 11) is 0. The molecule has 3 nitrogen and oxygen atoms in total. The molecular formula is C17H22N2O. The molecule has 0 saturated heterocycles. The molecule has 0 bridgehead atoms. The van der Waals surface area contributed by atoms with Crippen LogP contribution in [-0.4, -0.2) is 16.9 Å². The minimum atomic E-state index is 0.0628. The minimum absolute atomic E-state index is 0.0628. The molecule has 2 aromatic rings. The Morgan fingerprint density at radius 2 is 2.10 bits per heavy atom. The third-order valence-electron chi connectivity index (χ3n) is 4.58. The van der Waals surface area contributed by atoms with E-state index in [-0.39, 0.29) is 5.91 Å². The average Bonchev–Trinajstić information content (AvgIpc) is 2.92. The summed E-state index contributed by atoms with van der Waals surface area (Å²) in [4.78, 5) is 15.7. The Bertz CT molecular complexity index is 602. The highest BCUT2D eigenvalue weighted by molar-refractivity contribution is 6.06. The lowest BCUT2D eigenvalue weighted by Crippen LogP contribution is -2.41. The van der Waals surface area contributed by atoms with Gasteiger partial charge in [-0.2, -0.15) is 0 Å². The Hall–Kier alpha value is -1.77. The molecule has 1 heterocycles. The predicted molar refractivity (Wildman–Crippen MR) is 81.8 cm³/mol. The Morgan fingerprint density at radius 1 is 1.30 bits per heavy atom. The summed E-state index contributed by atoms with van der Waals surface area (Å²) >= 11 is 0. The maximum absolute atomic E-state index is 12.5. The van der Waals surface area contributed by atoms with Crippen LogP contribution in [0.3, 0.4) is 0 Å². The lowest BCUT2D eigenvalue weighted by atomic mass is 9.83. The van der Waals surface area contributed by atoms with E-state index in [1.807, 2.05) is 30.5 Å². The van der Waals surface area contributed by atoms with Gasteiger partial charge in [-0.1, -0.05) is 44.4 Å². The number of benzene rings is 1. The second-order valence-electron chi connectivity index (χ2n) is 5.78. The number of nitrogens with one attached hydrogen (secondary N) is 2. The first-order valence-corrected chi connectivity index (χ1v) is 7.66. The molecule has 0 aliphatic heterocycles. The van der Waals surface area contributed by atoms with Crippen molar-refractivity contribution in [1.82, 2.24) is 10.3 Å². The van der Waals surface area contributed by atoms with E-state index in [0.29, 0.717) is 12.0 Å². The topological polar surface area (TPSA) is 44.9 Å². The lowest BCUT2D eigenvalue weighted by molar-refractivity contribution is 0.0906. The van der Waals surface area contributed by atoms with Gasteiger partial charge in [0.1, 0.15) is 0 Å². The van der Waals surface area contributed by atoms with Crippen LogP contribution in [0.15, 0.2) is 30.5 Å². The molecule has 3 heteroatoms. The fourth-order valence-electron chi connectivity index (χ4n) is 3.39. The first kappa shape index (κ1) is 13.2. The highest BCUT2D eigenvalue weighted by atomic mass is 16.1. The molecule has 20 heavy (non-hydrogen) atoms. The number of H-pyrrole nitrogens is 1. The van der Waals surface area contributed by atoms with E-state index in [4.69, 9.17) is 0 Å². The van der Waals surface area contributed by atoms with Gasteiger partial charge in [0, 0.05) is 23.1 Å². The van der Waals surface area contributed by atoms with Crippen LogP contribution in [0.5, 0.6) is 0 Å². The van der Waals surface area contributed by atoms with Crippen molar-refractivity contribution in [3.05, 3.63) is 36.0 Å². The number of aromatic amines is 1. The van der Waals surface area contributed by atoms with Gasteiger partial charge in [-0.05, 0) is 24.8 Å². The summed E-state index contributed by atoms with van der Waals surface area (Å²) in [5.41, 5.74) is 1.79. The highest BCUT2D eigenvalue weighted by Gasteiger charge is 2.25. The zero-order chi connectivity index (χ0) is 13.9. The SMILES string of the molecule is CCC1CCCCC1NC(=O)c1c[nH]c2ccccc12. The molecule has 1 aliphatic rings. The average molecular weight is 270 g/mol. The Labute approximate surface area is 119 Å². The van der Waals surface area contributed by atoms with Crippen molar-refractivity contribution in [2.45, 2.75) is 45.1 Å². The largest absolute Gasteiger partial charge is 0.360 e. The second-order valence-corrected chi connectivity index (χ2v) is 5.78. The summed E-state index contributed by atoms with van der Waals surface area (Å²) in [5, 5.41) is 4.26. The maximum atomic E-state index is 12.5. The van der Waals surface area contributed by atoms with Crippen molar-refractivity contribution >= 4 is 16.8 Å². The smallest absolute Gasteiger partial charge is 0.253 e. The van der Waals surface area contributed by atoms with E-state index in [0.717, 1.165) is 29.3 Å². The summed E-state index contributed by atoms with van der Waals surface area (Å²) in [5.74, 6) is 0.700. The van der Waals surface area contributed by atoms with Crippen LogP contribution < -0.4 is 5.32 Å². The van der Waals surface area contributed by atoms with E-state index in [1.54, 1.807) is 0 Å². The number of para-hydroxylation sites is 1. The molecule has 1 fully saturated rings. The number of aromatic nitrogens is 1. The van der Waals surface area contributed by atoms with Gasteiger partial charge in [-0.15, -0.1) is 0 Å². The van der Waals surface area contributed by atoms with Crippen molar-refractivity contribution in [1.29, 1.82) is 0 Å². The maximum Gasteiger partial charge on any atom is 0.253 e. The van der Waals surface area contributed by atoms with E-state index in [9.17, 15) is 4.79 Å². The summed E-state index contributed by atoms with van der Waals surface area (Å²) in [6, 6.07) is 8.30. The summed E-state index contributed by atoms with van der Waals surface area (Å²) in [6.07, 6.45) is 7.87. The summed E-state index contributed by atoms with van der Waals surface area (Å²) < 4.78 is 0. The lowest BCUT2D eigenvalue weighted by Gasteiger charge is -2.31. The van der Waals surface area contributed by atoms with Crippen molar-refractivity contribution in [3.63, 3.8) is 0 Å². The van der Waals surface area contributed by atoms with Gasteiger partial charge < -0.3 is 10.3 Å². The molecule has 1 amide bonds. The number of hydrogen-bond acceptors (Lipinski definition) is 1. The van der Waals surface area contributed by atoms with E-state index in [1.165, 1.54) is 19.3 Å². The molecule has 106 valence electrons. The number of carbonyl (C=O) groups is 1. The number of hydrogen-bond donors (Lipinski definition) is 2. The van der Waals surface area contributed by atoms with Crippen LogP contribution in [0.2, 0.25) is 0 Å². The Kier molecular flexibility index (Phi) is 3.77. The molecule has 0 spiro atoms. The van der Waals surface area contributed by atoms with Gasteiger partial charge in [-0.25, -0.2) is 0 Å². The number of carbonyl (C=O) groups excluding carboxylic acids is 1. The molecule has 1 aromatic heterocycles. The zero-order valence-corrected chi connectivity index (χ0v) is 12.0. The Balaban J connectivity index is 1.78. The van der Waals surface area contributed by atoms with Gasteiger partial charge in [0.25, 0.3) is 5.91 Å². The highest BCUT2D eigenvalue weighted by Crippen LogP contribution is 2.27. The fourth-order valence-corrected chi connectivity index (χ4v) is 3.39. The zero-order valence-electron chi connectivity index (χ0n) is 12.0. The van der Waals surface area contributed by atoms with E-state index >= 15 is 0 Å². The third kappa shape index (κ3) is 2.45. The molecule has 1 aromatic carbocycles. The molecule has 3 rings (SSSR count). The van der Waals surface area contributed by atoms with Gasteiger partial charge in [-0.3, -0.25) is 4.79 Å². The van der Waals surface area contributed by atoms with Crippen molar-refractivity contribution in [2.24, 2.45) is 5.92 Å². The molecule has 2 atom stereocenters. The third-order valence-corrected chi connectivity index (χ3v) is 4.58. The molecule has 2 unspecified atom stereocenters. The number of amides is 1. The van der Waals surface area contributed by atoms with Gasteiger partial charge in [0.2, 0.25) is 0 Å². The van der Waals surface area contributed by atoms with Gasteiger partial charge in [0.15, 0.2) is 0 Å². The predicted octanol–water partition coefficient (Wildman–Crippen LogP) is 3.87. The van der Waals surface area contributed by atoms with Crippen LogP contribution in [0.25, 0.3) is 10.9 Å². The summed E-state index contributed by atoms with van der Waals surface area (Å²) in [6.45, 7) is 2.22. The van der Waals surface area contributed by atoms with E-state index in [2.05, 4.69) is 17.2 Å². The molecule has 0 radical (unpaired) electrons. The molecular weight excluding hydrogens is 248 g/mol. The first-order valence-electron chi connectivity index (χ1n) is 7.66. The monoisotopic (exact) mass is 270 g/mol. The standard InChI is InChI=1S/C17H22N2O/c1-2-12-7-3-5-9-15(12)19-17(20)14-11-18-16-10-6-4-8-13(14)16/h4,6,8,10-12,15,18H,2-3,5,7,9H2,1H3,(H,19,20). The van der Waals surface area contributed by atoms with E-state index < -0.39 is 0 Å². The molecule has 1 saturated carbocycles. The van der Waals surface area contributed by atoms with Crippen LogP contribution in [0.4, 0.5) is 0 Å². The first-order chi connectivity index (χ1) is 9.79. The van der Waals surface area contributed by atoms with Crippen LogP contribution >= 0.6 is 0 Å². The molecule has 1 aliphatic carbocycles. The van der Waals surface area contributed by atoms with Gasteiger partial charge in [0.05, 0.1) is 5.56 Å². The van der Waals surface area contributed by atoms with Crippen LogP contribution in [0.1, 0.15) is 49.4 Å².